The first-order valence-electron chi connectivity index (χ1n) is 6.94. The minimum Gasteiger partial charge on any atom is -0.490 e. The van der Waals surface area contributed by atoms with Crippen molar-refractivity contribution >= 4 is 15.9 Å². The highest BCUT2D eigenvalue weighted by Gasteiger charge is 2.40. The molecule has 7 heteroatoms. The summed E-state index contributed by atoms with van der Waals surface area (Å²) < 4.78 is 37.5. The molecule has 1 fully saturated rings. The fraction of sp³-hybridized carbons (Fsp3) is 0.500. The third-order valence-corrected chi connectivity index (χ3v) is 5.05. The molecule has 1 N–H and O–H groups in total. The summed E-state index contributed by atoms with van der Waals surface area (Å²) in [7, 11) is -3.87. The predicted octanol–water partition coefficient (Wildman–Crippen LogP) is 1.31. The molecule has 1 aliphatic carbocycles. The van der Waals surface area contributed by atoms with Crippen molar-refractivity contribution < 1.29 is 22.7 Å². The van der Waals surface area contributed by atoms with Crippen LogP contribution >= 0.6 is 0 Å². The van der Waals surface area contributed by atoms with Crippen molar-refractivity contribution in [3.8, 4) is 11.5 Å². The third-order valence-electron chi connectivity index (χ3n) is 3.71. The van der Waals surface area contributed by atoms with Crippen molar-refractivity contribution in [1.82, 2.24) is 4.72 Å². The van der Waals surface area contributed by atoms with Gasteiger partial charge in [-0.15, -0.1) is 0 Å². The Balaban J connectivity index is 1.82. The van der Waals surface area contributed by atoms with Crippen LogP contribution in [0.3, 0.4) is 0 Å². The first kappa shape index (κ1) is 14.2. The van der Waals surface area contributed by atoms with E-state index in [-0.39, 0.29) is 16.7 Å². The fourth-order valence-electron chi connectivity index (χ4n) is 2.27. The molecular formula is C14H17NO5S. The zero-order valence-corrected chi connectivity index (χ0v) is 12.5. The molecule has 114 valence electrons. The highest BCUT2D eigenvalue weighted by Crippen LogP contribution is 2.38. The second-order valence-corrected chi connectivity index (χ2v) is 7.13. The molecule has 0 saturated heterocycles. The van der Waals surface area contributed by atoms with Gasteiger partial charge < -0.3 is 9.47 Å². The first-order chi connectivity index (χ1) is 9.97. The normalized spacial score (nSPS) is 24.0. The smallest absolute Gasteiger partial charge is 0.264 e. The number of ether oxygens (including phenoxy) is 2. The van der Waals surface area contributed by atoms with Crippen LogP contribution in [0, 0.1) is 11.8 Å². The molecule has 1 aromatic rings. The van der Waals surface area contributed by atoms with Crippen LogP contribution in [0.2, 0.25) is 0 Å². The molecule has 0 radical (unpaired) electrons. The summed E-state index contributed by atoms with van der Waals surface area (Å²) in [6.45, 7) is 2.93. The van der Waals surface area contributed by atoms with Crippen LogP contribution in [0.1, 0.15) is 19.8 Å². The second-order valence-electron chi connectivity index (χ2n) is 5.45. The van der Waals surface area contributed by atoms with Crippen molar-refractivity contribution in [3.63, 3.8) is 0 Å². The zero-order chi connectivity index (χ0) is 15.0. The number of carbonyl (C=O) groups excluding carboxylic acids is 1. The molecular weight excluding hydrogens is 294 g/mol. The van der Waals surface area contributed by atoms with Crippen LogP contribution in [0.5, 0.6) is 11.5 Å². The molecule has 0 aromatic heterocycles. The first-order valence-corrected chi connectivity index (χ1v) is 8.42. The summed E-state index contributed by atoms with van der Waals surface area (Å²) in [4.78, 5) is 11.8. The quantitative estimate of drug-likeness (QED) is 0.910. The summed E-state index contributed by atoms with van der Waals surface area (Å²) in [6.07, 6.45) is 1.48. The maximum Gasteiger partial charge on any atom is 0.264 e. The van der Waals surface area contributed by atoms with E-state index < -0.39 is 15.9 Å². The summed E-state index contributed by atoms with van der Waals surface area (Å²) in [6, 6.07) is 4.37. The number of hydrogen-bond acceptors (Lipinski definition) is 5. The summed E-state index contributed by atoms with van der Waals surface area (Å²) in [5, 5.41) is 0. The highest BCUT2D eigenvalue weighted by molar-refractivity contribution is 7.90. The van der Waals surface area contributed by atoms with E-state index >= 15 is 0 Å². The van der Waals surface area contributed by atoms with Gasteiger partial charge >= 0.3 is 0 Å². The number of sulfonamides is 1. The molecule has 2 atom stereocenters. The van der Waals surface area contributed by atoms with Crippen LogP contribution in [-0.4, -0.2) is 27.5 Å². The number of hydrogen-bond donors (Lipinski definition) is 1. The Morgan fingerprint density at radius 2 is 1.90 bits per heavy atom. The second kappa shape index (κ2) is 5.22. The maximum atomic E-state index is 12.2. The van der Waals surface area contributed by atoms with Gasteiger partial charge in [-0.3, -0.25) is 4.79 Å². The van der Waals surface area contributed by atoms with E-state index in [1.165, 1.54) is 12.1 Å². The van der Waals surface area contributed by atoms with Crippen LogP contribution in [0.4, 0.5) is 0 Å². The van der Waals surface area contributed by atoms with Gasteiger partial charge in [-0.25, -0.2) is 13.1 Å². The lowest BCUT2D eigenvalue weighted by Gasteiger charge is -2.10. The average Bonchev–Trinajstić information content (AvgIpc) is 3.19. The van der Waals surface area contributed by atoms with Gasteiger partial charge in [0.2, 0.25) is 5.91 Å². The number of amides is 1. The summed E-state index contributed by atoms with van der Waals surface area (Å²) in [5.74, 6) is 0.537. The van der Waals surface area contributed by atoms with E-state index in [0.29, 0.717) is 24.7 Å². The van der Waals surface area contributed by atoms with Gasteiger partial charge in [-0.05, 0) is 24.5 Å². The van der Waals surface area contributed by atoms with E-state index in [1.54, 1.807) is 6.07 Å². The van der Waals surface area contributed by atoms with E-state index in [9.17, 15) is 13.2 Å². The number of benzene rings is 1. The largest absolute Gasteiger partial charge is 0.490 e. The van der Waals surface area contributed by atoms with Gasteiger partial charge in [0.15, 0.2) is 11.5 Å². The molecule has 2 unspecified atom stereocenters. The molecule has 0 bridgehead atoms. The van der Waals surface area contributed by atoms with Gasteiger partial charge in [-0.2, -0.15) is 0 Å². The van der Waals surface area contributed by atoms with Crippen molar-refractivity contribution in [2.75, 3.05) is 13.2 Å². The highest BCUT2D eigenvalue weighted by atomic mass is 32.2. The Hall–Kier alpha value is -1.76. The zero-order valence-electron chi connectivity index (χ0n) is 11.7. The average molecular weight is 311 g/mol. The molecule has 1 aromatic carbocycles. The van der Waals surface area contributed by atoms with Gasteiger partial charge in [0.05, 0.1) is 18.1 Å². The molecule has 1 saturated carbocycles. The third kappa shape index (κ3) is 2.97. The van der Waals surface area contributed by atoms with E-state index in [1.807, 2.05) is 6.92 Å². The molecule has 1 amide bonds. The van der Waals surface area contributed by atoms with Gasteiger partial charge in [-0.1, -0.05) is 6.92 Å². The van der Waals surface area contributed by atoms with Gasteiger partial charge in [0.1, 0.15) is 0 Å². The molecule has 0 spiro atoms. The van der Waals surface area contributed by atoms with Crippen molar-refractivity contribution in [1.29, 1.82) is 0 Å². The van der Waals surface area contributed by atoms with Gasteiger partial charge in [0.25, 0.3) is 10.0 Å². The fourth-order valence-corrected chi connectivity index (χ4v) is 3.31. The van der Waals surface area contributed by atoms with Crippen LogP contribution in [0.15, 0.2) is 23.1 Å². The Morgan fingerprint density at radius 1 is 1.24 bits per heavy atom. The van der Waals surface area contributed by atoms with E-state index in [2.05, 4.69) is 4.72 Å². The number of carbonyl (C=O) groups is 1. The van der Waals surface area contributed by atoms with Crippen LogP contribution in [0.25, 0.3) is 0 Å². The minimum absolute atomic E-state index is 0.00778. The Morgan fingerprint density at radius 3 is 2.57 bits per heavy atom. The van der Waals surface area contributed by atoms with Crippen molar-refractivity contribution in [3.05, 3.63) is 18.2 Å². The monoisotopic (exact) mass is 311 g/mol. The summed E-state index contributed by atoms with van der Waals surface area (Å²) in [5.41, 5.74) is 0. The van der Waals surface area contributed by atoms with E-state index in [0.717, 1.165) is 12.8 Å². The maximum absolute atomic E-state index is 12.2. The lowest BCUT2D eigenvalue weighted by atomic mass is 10.3. The Labute approximate surface area is 123 Å². The van der Waals surface area contributed by atoms with Crippen molar-refractivity contribution in [2.45, 2.75) is 24.7 Å². The topological polar surface area (TPSA) is 81.7 Å². The molecule has 2 aliphatic rings. The molecule has 1 heterocycles. The van der Waals surface area contributed by atoms with Gasteiger partial charge in [0, 0.05) is 18.4 Å². The van der Waals surface area contributed by atoms with E-state index in [4.69, 9.17) is 9.47 Å². The predicted molar refractivity (Wildman–Crippen MR) is 74.6 cm³/mol. The summed E-state index contributed by atoms with van der Waals surface area (Å²) >= 11 is 0. The van der Waals surface area contributed by atoms with Crippen LogP contribution in [-0.2, 0) is 14.8 Å². The Bertz CT molecular complexity index is 670. The SMILES string of the molecule is CC1CC1C(=O)NS(=O)(=O)c1ccc2c(c1)OCCCO2. The minimum atomic E-state index is -3.87. The lowest BCUT2D eigenvalue weighted by Crippen LogP contribution is -2.32. The number of fused-ring (bicyclic) bond motifs is 1. The molecule has 21 heavy (non-hydrogen) atoms. The lowest BCUT2D eigenvalue weighted by molar-refractivity contribution is -0.120. The van der Waals surface area contributed by atoms with Crippen LogP contribution < -0.4 is 14.2 Å². The number of rotatable bonds is 3. The Kier molecular flexibility index (Phi) is 3.52. The standard InChI is InChI=1S/C14H17NO5S/c1-9-7-11(9)14(16)15-21(17,18)10-3-4-12-13(8-10)20-6-2-5-19-12/h3-4,8-9,11H,2,5-7H2,1H3,(H,15,16). The van der Waals surface area contributed by atoms with Crippen molar-refractivity contribution in [2.24, 2.45) is 11.8 Å². The molecule has 1 aliphatic heterocycles. The molecule has 6 nitrogen and oxygen atoms in total. The number of nitrogens with one attached hydrogen (secondary N) is 1. The molecule has 3 rings (SSSR count).